The average molecular weight is 491 g/mol. The number of anilines is 2. The molecule has 0 fully saturated rings. The van der Waals surface area contributed by atoms with Gasteiger partial charge in [-0.05, 0) is 24.3 Å². The molecule has 0 bridgehead atoms. The fourth-order valence-corrected chi connectivity index (χ4v) is 2.02. The van der Waals surface area contributed by atoms with Crippen molar-refractivity contribution in [2.45, 2.75) is 0 Å². The molecule has 0 saturated heterocycles. The van der Waals surface area contributed by atoms with Gasteiger partial charge in [0.15, 0.2) is 0 Å². The Morgan fingerprint density at radius 2 is 1.00 bits per heavy atom. The van der Waals surface area contributed by atoms with E-state index >= 15 is 0 Å². The van der Waals surface area contributed by atoms with Gasteiger partial charge in [0.2, 0.25) is 0 Å². The normalized spacial score (nSPS) is 9.39. The molecule has 0 amide bonds. The third-order valence-corrected chi connectivity index (χ3v) is 3.34. The van der Waals surface area contributed by atoms with Crippen LogP contribution in [0.3, 0.4) is 0 Å². The first-order chi connectivity index (χ1) is 11.5. The maximum Gasteiger partial charge on any atom is 0.0684 e. The predicted molar refractivity (Wildman–Crippen MR) is 97.7 cm³/mol. The summed E-state index contributed by atoms with van der Waals surface area (Å²) in [4.78, 5) is 29.8. The molecular weight excluding hydrogens is 469 g/mol. The Bertz CT molecular complexity index is 687. The van der Waals surface area contributed by atoms with E-state index in [1.165, 1.54) is 0 Å². The molecule has 0 aliphatic rings. The van der Waals surface area contributed by atoms with Crippen molar-refractivity contribution in [3.05, 3.63) is 59.7 Å². The van der Waals surface area contributed by atoms with Crippen LogP contribution < -0.4 is 24.5 Å². The van der Waals surface area contributed by atoms with Crippen molar-refractivity contribution in [1.29, 1.82) is 5.41 Å². The SMILES string of the molecule is CN(C)c1ccc(C(=N)c2ccc(N(C)C)cc2)cc1.O=P([O-])([O-])[O-].[Mo].[O-2].[OH-]. The van der Waals surface area contributed by atoms with Crippen LogP contribution in [0.25, 0.3) is 0 Å². The summed E-state index contributed by atoms with van der Waals surface area (Å²) >= 11 is 0. The molecule has 0 heterocycles. The van der Waals surface area contributed by atoms with Crippen molar-refractivity contribution >= 4 is 24.9 Å². The number of nitrogens with zero attached hydrogens (tertiary/aromatic N) is 2. The minimum Gasteiger partial charge on any atom is -2.00 e. The average Bonchev–Trinajstić information content (AvgIpc) is 2.53. The third kappa shape index (κ3) is 11.3. The summed E-state index contributed by atoms with van der Waals surface area (Å²) in [6.45, 7) is 0. The molecule has 158 valence electrons. The number of phosphoric acid groups is 1. The molecule has 0 spiro atoms. The second-order valence-corrected chi connectivity index (χ2v) is 6.60. The van der Waals surface area contributed by atoms with E-state index in [1.54, 1.807) is 0 Å². The topological polar surface area (TPSA) is 175 Å². The van der Waals surface area contributed by atoms with Gasteiger partial charge in [0.25, 0.3) is 0 Å². The van der Waals surface area contributed by atoms with E-state index in [9.17, 15) is 0 Å². The number of nitrogens with one attached hydrogen (secondary N) is 1. The van der Waals surface area contributed by atoms with Crippen LogP contribution in [-0.2, 0) is 31.1 Å². The monoisotopic (exact) mass is 493 g/mol. The van der Waals surface area contributed by atoms with Crippen LogP contribution in [0.5, 0.6) is 0 Å². The molecule has 0 radical (unpaired) electrons. The smallest absolute Gasteiger partial charge is 0.0684 e. The summed E-state index contributed by atoms with van der Waals surface area (Å²) in [6, 6.07) is 16.1. The molecule has 0 unspecified atom stereocenters. The van der Waals surface area contributed by atoms with Gasteiger partial charge in [0.05, 0.1) is 5.71 Å². The van der Waals surface area contributed by atoms with E-state index < -0.39 is 7.82 Å². The number of hydrogen-bond acceptors (Lipinski definition) is 8. The summed E-state index contributed by atoms with van der Waals surface area (Å²) < 4.78 is 8.55. The molecule has 2 aromatic rings. The van der Waals surface area contributed by atoms with Gasteiger partial charge in [0.1, 0.15) is 0 Å². The first-order valence-corrected chi connectivity index (χ1v) is 8.82. The molecule has 0 aliphatic heterocycles. The Labute approximate surface area is 179 Å². The van der Waals surface area contributed by atoms with E-state index in [0.717, 1.165) is 22.5 Å². The zero-order valence-electron chi connectivity index (χ0n) is 15.9. The van der Waals surface area contributed by atoms with Crippen LogP contribution in [0.15, 0.2) is 48.5 Å². The molecule has 0 aliphatic carbocycles. The first-order valence-electron chi connectivity index (χ1n) is 7.36. The first kappa shape index (κ1) is 31.1. The van der Waals surface area contributed by atoms with Gasteiger partial charge < -0.3 is 40.0 Å². The third-order valence-electron chi connectivity index (χ3n) is 3.34. The number of hydrogen-bond donors (Lipinski definition) is 1. The van der Waals surface area contributed by atoms with Crippen LogP contribution in [0.1, 0.15) is 11.1 Å². The van der Waals surface area contributed by atoms with Crippen molar-refractivity contribution in [2.75, 3.05) is 38.0 Å². The van der Waals surface area contributed by atoms with Crippen LogP contribution >= 0.6 is 7.82 Å². The van der Waals surface area contributed by atoms with Crippen molar-refractivity contribution in [3.63, 3.8) is 0 Å². The zero-order valence-corrected chi connectivity index (χ0v) is 18.8. The van der Waals surface area contributed by atoms with Gasteiger partial charge in [-0.3, -0.25) is 5.41 Å². The Morgan fingerprint density at radius 1 is 0.786 bits per heavy atom. The summed E-state index contributed by atoms with van der Waals surface area (Å²) in [5.74, 6) is 0. The summed E-state index contributed by atoms with van der Waals surface area (Å²) in [5.41, 5.74) is 4.72. The van der Waals surface area contributed by atoms with Gasteiger partial charge in [-0.1, -0.05) is 24.3 Å². The van der Waals surface area contributed by atoms with E-state index in [0.29, 0.717) is 5.71 Å². The fraction of sp³-hybridized carbons (Fsp3) is 0.235. The summed E-state index contributed by atoms with van der Waals surface area (Å²) in [7, 11) is 2.67. The number of benzene rings is 2. The van der Waals surface area contributed by atoms with Gasteiger partial charge in [0, 0.05) is 71.8 Å². The summed E-state index contributed by atoms with van der Waals surface area (Å²) in [5, 5.41) is 8.30. The Kier molecular flexibility index (Phi) is 15.1. The Morgan fingerprint density at radius 3 is 1.18 bits per heavy atom. The maximum absolute atomic E-state index is 8.55. The molecule has 2 aromatic carbocycles. The van der Waals surface area contributed by atoms with E-state index in [2.05, 4.69) is 9.80 Å². The maximum atomic E-state index is 8.55. The predicted octanol–water partition coefficient (Wildman–Crippen LogP) is 0.112. The van der Waals surface area contributed by atoms with E-state index in [1.807, 2.05) is 76.7 Å². The standard InChI is InChI=1S/C17H21N3.Mo.H3O4P.H2O.O/c1-19(2)15-9-5-13(6-10-15)17(18)14-7-11-16(12-8-14)20(3)4;;1-5(2,3)4;;/h5-12,18H,1-4H3;;(H3,1,2,3,4);1H2;/q;;;;-2/p-4. The quantitative estimate of drug-likeness (QED) is 0.359. The van der Waals surface area contributed by atoms with Crippen LogP contribution in [0.2, 0.25) is 0 Å². The molecule has 28 heavy (non-hydrogen) atoms. The van der Waals surface area contributed by atoms with Crippen LogP contribution in [0, 0.1) is 5.41 Å². The number of rotatable bonds is 4. The molecular formula is C17H22MoN3O6P-6. The van der Waals surface area contributed by atoms with Crippen LogP contribution in [-0.4, -0.2) is 39.4 Å². The Balaban J connectivity index is -0.000000700. The minimum atomic E-state index is -5.39. The minimum absolute atomic E-state index is 0. The molecule has 0 saturated carbocycles. The van der Waals surface area contributed by atoms with Gasteiger partial charge in [-0.2, -0.15) is 7.82 Å². The molecule has 2 rings (SSSR count). The van der Waals surface area contributed by atoms with Crippen LogP contribution in [0.4, 0.5) is 11.4 Å². The van der Waals surface area contributed by atoms with Crippen molar-refractivity contribution in [3.8, 4) is 0 Å². The molecule has 0 aromatic heterocycles. The van der Waals surface area contributed by atoms with Crippen molar-refractivity contribution in [2.24, 2.45) is 0 Å². The van der Waals surface area contributed by atoms with Gasteiger partial charge in [-0.15, -0.1) is 0 Å². The van der Waals surface area contributed by atoms with Crippen molar-refractivity contribution < 1.29 is 51.3 Å². The molecule has 11 heteroatoms. The van der Waals surface area contributed by atoms with E-state index in [4.69, 9.17) is 24.7 Å². The fourth-order valence-electron chi connectivity index (χ4n) is 2.02. The largest absolute Gasteiger partial charge is 2.00 e. The molecule has 2 N–H and O–H groups in total. The second kappa shape index (κ2) is 13.6. The molecule has 9 nitrogen and oxygen atoms in total. The van der Waals surface area contributed by atoms with Gasteiger partial charge >= 0.3 is 0 Å². The zero-order chi connectivity index (χ0) is 19.2. The second-order valence-electron chi connectivity index (χ2n) is 5.70. The molecule has 0 atom stereocenters. The van der Waals surface area contributed by atoms with Gasteiger partial charge in [-0.25, -0.2) is 0 Å². The van der Waals surface area contributed by atoms with Crippen molar-refractivity contribution in [1.82, 2.24) is 0 Å². The Hall–Kier alpha value is -1.57. The van der Waals surface area contributed by atoms with E-state index in [-0.39, 0.29) is 32.0 Å². The summed E-state index contributed by atoms with van der Waals surface area (Å²) in [6.07, 6.45) is 0.